The summed E-state index contributed by atoms with van der Waals surface area (Å²) >= 11 is 0. The van der Waals surface area contributed by atoms with Crippen LogP contribution in [0.15, 0.2) is 231 Å². The Kier molecular flexibility index (Phi) is 8.19. The number of para-hydroxylation sites is 3. The lowest BCUT2D eigenvalue weighted by molar-refractivity contribution is 1.20. The number of hydrogen-bond donors (Lipinski definition) is 0. The number of anilines is 3. The number of rotatable bonds is 7. The maximum atomic E-state index is 2.42. The first-order valence-electron chi connectivity index (χ1n) is 19.9. The molecule has 0 spiro atoms. The number of hydrogen-bond acceptors (Lipinski definition) is 1. The van der Waals surface area contributed by atoms with Gasteiger partial charge in [-0.15, -0.1) is 0 Å². The SMILES string of the molecule is c1ccc(-c2ccc3ccccc3c2-c2ccc(N(c3ccccc3)c3ccc(-c4ccc(-n5c6ccccc6c6ccccc65)c5ccccc45)cc3)cc2)cc1. The first-order chi connectivity index (χ1) is 28.8. The molecule has 0 bridgehead atoms. The minimum absolute atomic E-state index is 1.10. The zero-order valence-electron chi connectivity index (χ0n) is 31.8. The Labute approximate surface area is 338 Å². The average Bonchev–Trinajstić information content (AvgIpc) is 3.64. The number of nitrogens with zero attached hydrogens (tertiary/aromatic N) is 2. The molecule has 272 valence electrons. The summed E-state index contributed by atoms with van der Waals surface area (Å²) in [7, 11) is 0. The van der Waals surface area contributed by atoms with Crippen molar-refractivity contribution >= 4 is 60.4 Å². The Morgan fingerprint density at radius 3 is 1.40 bits per heavy atom. The minimum Gasteiger partial charge on any atom is -0.311 e. The summed E-state index contributed by atoms with van der Waals surface area (Å²) in [5.74, 6) is 0. The van der Waals surface area contributed by atoms with Crippen molar-refractivity contribution < 1.29 is 0 Å². The van der Waals surface area contributed by atoms with Crippen molar-refractivity contribution in [3.05, 3.63) is 231 Å². The zero-order valence-corrected chi connectivity index (χ0v) is 31.8. The van der Waals surface area contributed by atoms with Crippen molar-refractivity contribution in [2.45, 2.75) is 0 Å². The van der Waals surface area contributed by atoms with Gasteiger partial charge in [0.25, 0.3) is 0 Å². The summed E-state index contributed by atoms with van der Waals surface area (Å²) in [6, 6.07) is 83.5. The molecule has 11 rings (SSSR count). The van der Waals surface area contributed by atoms with Gasteiger partial charge in [0.15, 0.2) is 0 Å². The highest BCUT2D eigenvalue weighted by Gasteiger charge is 2.18. The van der Waals surface area contributed by atoms with Crippen LogP contribution in [0.5, 0.6) is 0 Å². The molecule has 2 heteroatoms. The van der Waals surface area contributed by atoms with Crippen LogP contribution in [0.2, 0.25) is 0 Å². The van der Waals surface area contributed by atoms with Crippen LogP contribution in [-0.2, 0) is 0 Å². The second kappa shape index (κ2) is 14.1. The molecule has 0 amide bonds. The molecule has 0 aliphatic carbocycles. The molecular weight excluding hydrogens is 701 g/mol. The van der Waals surface area contributed by atoms with Crippen molar-refractivity contribution in [3.63, 3.8) is 0 Å². The molecule has 0 aliphatic heterocycles. The lowest BCUT2D eigenvalue weighted by atomic mass is 9.89. The van der Waals surface area contributed by atoms with Crippen LogP contribution in [0.25, 0.3) is 82.4 Å². The van der Waals surface area contributed by atoms with Crippen LogP contribution in [0.4, 0.5) is 17.1 Å². The standard InChI is InChI=1S/C56H38N2/c1-3-15-39(16-4-1)48-36-31-40-17-7-8-20-47(40)56(48)42-29-34-45(35-30-42)57(43-18-5-2-6-19-43)44-32-27-41(28-33-44)46-37-38-55(50-22-10-9-21-49(46)50)58-53-25-13-11-23-51(53)52-24-12-14-26-54(52)58/h1-38H. The van der Waals surface area contributed by atoms with Gasteiger partial charge in [-0.25, -0.2) is 0 Å². The molecular formula is C56H38N2. The van der Waals surface area contributed by atoms with Crippen molar-refractivity contribution in [2.75, 3.05) is 4.90 Å². The molecule has 0 saturated carbocycles. The van der Waals surface area contributed by atoms with Gasteiger partial charge in [0.1, 0.15) is 0 Å². The van der Waals surface area contributed by atoms with Crippen LogP contribution in [-0.4, -0.2) is 4.57 Å². The van der Waals surface area contributed by atoms with E-state index in [4.69, 9.17) is 0 Å². The normalized spacial score (nSPS) is 11.4. The second-order valence-electron chi connectivity index (χ2n) is 14.9. The fourth-order valence-electron chi connectivity index (χ4n) is 8.94. The van der Waals surface area contributed by atoms with Crippen LogP contribution in [0, 0.1) is 0 Å². The van der Waals surface area contributed by atoms with Gasteiger partial charge in [0, 0.05) is 33.2 Å². The molecule has 0 fully saturated rings. The molecule has 0 saturated heterocycles. The minimum atomic E-state index is 1.10. The van der Waals surface area contributed by atoms with E-state index in [-0.39, 0.29) is 0 Å². The van der Waals surface area contributed by atoms with Crippen molar-refractivity contribution in [1.29, 1.82) is 0 Å². The molecule has 2 nitrogen and oxygen atoms in total. The third kappa shape index (κ3) is 5.66. The number of fused-ring (bicyclic) bond motifs is 5. The lowest BCUT2D eigenvalue weighted by Gasteiger charge is -2.26. The highest BCUT2D eigenvalue weighted by atomic mass is 15.1. The predicted octanol–water partition coefficient (Wildman–Crippen LogP) is 15.6. The van der Waals surface area contributed by atoms with Gasteiger partial charge in [-0.2, -0.15) is 0 Å². The molecule has 10 aromatic carbocycles. The van der Waals surface area contributed by atoms with E-state index in [0.29, 0.717) is 0 Å². The highest BCUT2D eigenvalue weighted by molar-refractivity contribution is 6.11. The van der Waals surface area contributed by atoms with Gasteiger partial charge in [0.2, 0.25) is 0 Å². The third-order valence-electron chi connectivity index (χ3n) is 11.6. The fraction of sp³-hybridized carbons (Fsp3) is 0. The maximum absolute atomic E-state index is 2.42. The predicted molar refractivity (Wildman–Crippen MR) is 247 cm³/mol. The van der Waals surface area contributed by atoms with E-state index in [1.54, 1.807) is 0 Å². The Bertz CT molecular complexity index is 3200. The summed E-state index contributed by atoms with van der Waals surface area (Å²) < 4.78 is 2.42. The Morgan fingerprint density at radius 1 is 0.276 bits per heavy atom. The van der Waals surface area contributed by atoms with Crippen molar-refractivity contribution in [1.82, 2.24) is 4.57 Å². The van der Waals surface area contributed by atoms with E-state index < -0.39 is 0 Å². The largest absolute Gasteiger partial charge is 0.311 e. The van der Waals surface area contributed by atoms with E-state index in [2.05, 4.69) is 240 Å². The van der Waals surface area contributed by atoms with Crippen LogP contribution in [0.1, 0.15) is 0 Å². The smallest absolute Gasteiger partial charge is 0.0541 e. The van der Waals surface area contributed by atoms with E-state index in [1.165, 1.54) is 82.4 Å². The first kappa shape index (κ1) is 33.6. The first-order valence-corrected chi connectivity index (χ1v) is 19.9. The van der Waals surface area contributed by atoms with Crippen molar-refractivity contribution in [2.24, 2.45) is 0 Å². The molecule has 1 aromatic heterocycles. The topological polar surface area (TPSA) is 8.17 Å². The van der Waals surface area contributed by atoms with Crippen molar-refractivity contribution in [3.8, 4) is 39.1 Å². The molecule has 0 N–H and O–H groups in total. The molecule has 0 aliphatic rings. The number of benzene rings is 10. The summed E-state index contributed by atoms with van der Waals surface area (Å²) in [6.07, 6.45) is 0. The molecule has 11 aromatic rings. The fourth-order valence-corrected chi connectivity index (χ4v) is 8.94. The summed E-state index contributed by atoms with van der Waals surface area (Å²) in [4.78, 5) is 2.35. The third-order valence-corrected chi connectivity index (χ3v) is 11.6. The average molecular weight is 739 g/mol. The van der Waals surface area contributed by atoms with Crippen LogP contribution in [0.3, 0.4) is 0 Å². The van der Waals surface area contributed by atoms with E-state index in [9.17, 15) is 0 Å². The molecule has 58 heavy (non-hydrogen) atoms. The lowest BCUT2D eigenvalue weighted by Crippen LogP contribution is -2.09. The Balaban J connectivity index is 0.992. The molecule has 0 unspecified atom stereocenters. The molecule has 1 heterocycles. The van der Waals surface area contributed by atoms with Gasteiger partial charge < -0.3 is 9.47 Å². The quantitative estimate of drug-likeness (QED) is 0.158. The summed E-state index contributed by atoms with van der Waals surface area (Å²) in [5, 5.41) is 7.48. The zero-order chi connectivity index (χ0) is 38.4. The van der Waals surface area contributed by atoms with Gasteiger partial charge in [-0.3, -0.25) is 0 Å². The van der Waals surface area contributed by atoms with E-state index >= 15 is 0 Å². The van der Waals surface area contributed by atoms with E-state index in [0.717, 1.165) is 17.1 Å². The Hall–Kier alpha value is -7.68. The molecule has 0 atom stereocenters. The second-order valence-corrected chi connectivity index (χ2v) is 14.9. The summed E-state index contributed by atoms with van der Waals surface area (Å²) in [5.41, 5.74) is 14.2. The van der Waals surface area contributed by atoms with Gasteiger partial charge in [0.05, 0.1) is 16.7 Å². The van der Waals surface area contributed by atoms with Gasteiger partial charge in [-0.05, 0) is 104 Å². The van der Waals surface area contributed by atoms with Gasteiger partial charge in [-0.1, -0.05) is 176 Å². The van der Waals surface area contributed by atoms with Gasteiger partial charge >= 0.3 is 0 Å². The maximum Gasteiger partial charge on any atom is 0.0541 e. The Morgan fingerprint density at radius 2 is 0.741 bits per heavy atom. The van der Waals surface area contributed by atoms with Crippen LogP contribution < -0.4 is 4.90 Å². The summed E-state index contributed by atoms with van der Waals surface area (Å²) in [6.45, 7) is 0. The van der Waals surface area contributed by atoms with E-state index in [1.807, 2.05) is 0 Å². The monoisotopic (exact) mass is 738 g/mol. The number of aromatic nitrogens is 1. The highest BCUT2D eigenvalue weighted by Crippen LogP contribution is 2.42. The van der Waals surface area contributed by atoms with Crippen LogP contribution >= 0.6 is 0 Å². The molecule has 0 radical (unpaired) electrons.